The highest BCUT2D eigenvalue weighted by molar-refractivity contribution is 6.00. The lowest BCUT2D eigenvalue weighted by Crippen LogP contribution is -2.33. The largest absolute Gasteiger partial charge is 0.446 e. The smallest absolute Gasteiger partial charge is 0.417 e. The minimum atomic E-state index is -0.581. The molecule has 2 amide bonds. The third-order valence-corrected chi connectivity index (χ3v) is 3.02. The van der Waals surface area contributed by atoms with Crippen LogP contribution in [0.15, 0.2) is 42.5 Å². The van der Waals surface area contributed by atoms with Crippen LogP contribution >= 0.6 is 0 Å². The summed E-state index contributed by atoms with van der Waals surface area (Å²) in [6, 6.07) is 9.09. The van der Waals surface area contributed by atoms with E-state index in [1.807, 2.05) is 51.1 Å². The molecule has 0 aliphatic carbocycles. The molecule has 1 saturated heterocycles. The fourth-order valence-electron chi connectivity index (χ4n) is 1.99. The Bertz CT molecular complexity index is 528. The van der Waals surface area contributed by atoms with Crippen molar-refractivity contribution in [3.8, 4) is 0 Å². The molecule has 1 unspecified atom stereocenters. The molecular formula is C16H19NO3. The summed E-state index contributed by atoms with van der Waals surface area (Å²) in [5.41, 5.74) is 0.789. The van der Waals surface area contributed by atoms with Gasteiger partial charge in [0.2, 0.25) is 0 Å². The molecule has 1 aliphatic heterocycles. The van der Waals surface area contributed by atoms with E-state index in [4.69, 9.17) is 4.74 Å². The summed E-state index contributed by atoms with van der Waals surface area (Å²) >= 11 is 0. The van der Waals surface area contributed by atoms with Crippen molar-refractivity contribution in [1.82, 2.24) is 4.90 Å². The summed E-state index contributed by atoms with van der Waals surface area (Å²) < 4.78 is 5.02. The summed E-state index contributed by atoms with van der Waals surface area (Å²) in [5.74, 6) is -0.337. The van der Waals surface area contributed by atoms with Crippen molar-refractivity contribution in [2.75, 3.05) is 6.61 Å². The van der Waals surface area contributed by atoms with Crippen LogP contribution in [-0.4, -0.2) is 23.5 Å². The van der Waals surface area contributed by atoms with E-state index in [-0.39, 0.29) is 24.0 Å². The number of nitrogens with zero attached hydrogens (tertiary/aromatic N) is 1. The SMILES string of the molecule is CC(C)(C)C=CC(=O)N1C(=O)OCC1c1ccccc1. The van der Waals surface area contributed by atoms with Crippen molar-refractivity contribution in [3.05, 3.63) is 48.0 Å². The van der Waals surface area contributed by atoms with Crippen LogP contribution in [0, 0.1) is 5.41 Å². The van der Waals surface area contributed by atoms with E-state index >= 15 is 0 Å². The van der Waals surface area contributed by atoms with Gasteiger partial charge in [0, 0.05) is 6.08 Å². The number of rotatable bonds is 2. The van der Waals surface area contributed by atoms with Gasteiger partial charge in [-0.3, -0.25) is 4.79 Å². The Hall–Kier alpha value is -2.10. The van der Waals surface area contributed by atoms with E-state index in [1.165, 1.54) is 11.0 Å². The maximum atomic E-state index is 12.2. The lowest BCUT2D eigenvalue weighted by atomic mass is 9.96. The zero-order valence-corrected chi connectivity index (χ0v) is 12.0. The van der Waals surface area contributed by atoms with Crippen LogP contribution < -0.4 is 0 Å². The number of hydrogen-bond acceptors (Lipinski definition) is 3. The van der Waals surface area contributed by atoms with Gasteiger partial charge in [-0.15, -0.1) is 0 Å². The lowest BCUT2D eigenvalue weighted by molar-refractivity contribution is -0.124. The number of carbonyl (C=O) groups is 2. The Morgan fingerprint density at radius 1 is 1.30 bits per heavy atom. The van der Waals surface area contributed by atoms with Crippen LogP contribution in [0.3, 0.4) is 0 Å². The molecule has 4 heteroatoms. The molecule has 1 fully saturated rings. The summed E-state index contributed by atoms with van der Waals surface area (Å²) in [6.45, 7) is 6.19. The standard InChI is InChI=1S/C16H19NO3/c1-16(2,3)10-9-14(18)17-13(11-20-15(17)19)12-7-5-4-6-8-12/h4-10,13H,11H2,1-3H3. The summed E-state index contributed by atoms with van der Waals surface area (Å²) in [6.07, 6.45) is 2.66. The molecule has 2 rings (SSSR count). The Kier molecular flexibility index (Phi) is 3.93. The third-order valence-electron chi connectivity index (χ3n) is 3.02. The van der Waals surface area contributed by atoms with Crippen molar-refractivity contribution in [2.24, 2.45) is 5.41 Å². The number of imide groups is 1. The molecule has 0 aromatic heterocycles. The van der Waals surface area contributed by atoms with Crippen LogP contribution in [0.1, 0.15) is 32.4 Å². The first-order valence-electron chi connectivity index (χ1n) is 6.62. The minimum Gasteiger partial charge on any atom is -0.446 e. The molecule has 0 N–H and O–H groups in total. The van der Waals surface area contributed by atoms with Gasteiger partial charge in [-0.05, 0) is 11.0 Å². The average molecular weight is 273 g/mol. The second kappa shape index (κ2) is 5.49. The number of allylic oxidation sites excluding steroid dienone is 1. The first kappa shape index (κ1) is 14.3. The highest BCUT2D eigenvalue weighted by atomic mass is 16.6. The molecule has 0 spiro atoms. The normalized spacial score (nSPS) is 19.4. The van der Waals surface area contributed by atoms with Gasteiger partial charge >= 0.3 is 6.09 Å². The van der Waals surface area contributed by atoms with Crippen LogP contribution in [0.2, 0.25) is 0 Å². The zero-order valence-electron chi connectivity index (χ0n) is 12.0. The second-order valence-electron chi connectivity index (χ2n) is 5.91. The van der Waals surface area contributed by atoms with E-state index in [1.54, 1.807) is 6.08 Å². The van der Waals surface area contributed by atoms with Crippen LogP contribution in [0.5, 0.6) is 0 Å². The Labute approximate surface area is 119 Å². The van der Waals surface area contributed by atoms with E-state index < -0.39 is 6.09 Å². The monoisotopic (exact) mass is 273 g/mol. The molecule has 1 atom stereocenters. The summed E-state index contributed by atoms with van der Waals surface area (Å²) in [7, 11) is 0. The fraction of sp³-hybridized carbons (Fsp3) is 0.375. The second-order valence-corrected chi connectivity index (χ2v) is 5.91. The molecule has 1 aromatic rings. The van der Waals surface area contributed by atoms with Crippen molar-refractivity contribution >= 4 is 12.0 Å². The molecule has 4 nitrogen and oxygen atoms in total. The van der Waals surface area contributed by atoms with Gasteiger partial charge in [0.05, 0.1) is 0 Å². The topological polar surface area (TPSA) is 46.6 Å². The number of ether oxygens (including phenoxy) is 1. The third kappa shape index (κ3) is 3.26. The molecule has 1 aliphatic rings. The zero-order chi connectivity index (χ0) is 14.8. The van der Waals surface area contributed by atoms with Crippen LogP contribution in [0.25, 0.3) is 0 Å². The number of benzene rings is 1. The predicted molar refractivity (Wildman–Crippen MR) is 76.0 cm³/mol. The first-order valence-corrected chi connectivity index (χ1v) is 6.62. The molecule has 1 aromatic carbocycles. The van der Waals surface area contributed by atoms with Crippen molar-refractivity contribution in [3.63, 3.8) is 0 Å². The molecule has 0 radical (unpaired) electrons. The molecule has 106 valence electrons. The average Bonchev–Trinajstić information content (AvgIpc) is 2.78. The van der Waals surface area contributed by atoms with Gasteiger partial charge in [-0.2, -0.15) is 0 Å². The Morgan fingerprint density at radius 2 is 1.95 bits per heavy atom. The number of carbonyl (C=O) groups excluding carboxylic acids is 2. The molecule has 0 bridgehead atoms. The molecule has 0 saturated carbocycles. The maximum Gasteiger partial charge on any atom is 0.417 e. The maximum absolute atomic E-state index is 12.2. The molecule has 1 heterocycles. The highest BCUT2D eigenvalue weighted by Crippen LogP contribution is 2.28. The van der Waals surface area contributed by atoms with Crippen LogP contribution in [-0.2, 0) is 9.53 Å². The number of amides is 2. The van der Waals surface area contributed by atoms with Gasteiger partial charge in [-0.1, -0.05) is 57.2 Å². The fourth-order valence-corrected chi connectivity index (χ4v) is 1.99. The van der Waals surface area contributed by atoms with Gasteiger partial charge in [-0.25, -0.2) is 9.69 Å². The predicted octanol–water partition coefficient (Wildman–Crippen LogP) is 3.31. The van der Waals surface area contributed by atoms with Gasteiger partial charge in [0.1, 0.15) is 12.6 Å². The quantitative estimate of drug-likeness (QED) is 0.777. The van der Waals surface area contributed by atoms with Crippen molar-refractivity contribution in [2.45, 2.75) is 26.8 Å². The number of hydrogen-bond donors (Lipinski definition) is 0. The minimum absolute atomic E-state index is 0.110. The Morgan fingerprint density at radius 3 is 2.55 bits per heavy atom. The van der Waals surface area contributed by atoms with Crippen LogP contribution in [0.4, 0.5) is 4.79 Å². The summed E-state index contributed by atoms with van der Waals surface area (Å²) in [5, 5.41) is 0. The van der Waals surface area contributed by atoms with Gasteiger partial charge in [0.25, 0.3) is 5.91 Å². The lowest BCUT2D eigenvalue weighted by Gasteiger charge is -2.19. The van der Waals surface area contributed by atoms with Crippen molar-refractivity contribution in [1.29, 1.82) is 0 Å². The molecule has 20 heavy (non-hydrogen) atoms. The van der Waals surface area contributed by atoms with Gasteiger partial charge < -0.3 is 4.74 Å². The van der Waals surface area contributed by atoms with E-state index in [2.05, 4.69) is 0 Å². The number of cyclic esters (lactones) is 1. The van der Waals surface area contributed by atoms with Gasteiger partial charge in [0.15, 0.2) is 0 Å². The molecular weight excluding hydrogens is 254 g/mol. The van der Waals surface area contributed by atoms with E-state index in [0.717, 1.165) is 5.56 Å². The first-order chi connectivity index (χ1) is 9.38. The highest BCUT2D eigenvalue weighted by Gasteiger charge is 2.37. The van der Waals surface area contributed by atoms with E-state index in [9.17, 15) is 9.59 Å². The summed E-state index contributed by atoms with van der Waals surface area (Å²) in [4.78, 5) is 25.2. The van der Waals surface area contributed by atoms with Crippen molar-refractivity contribution < 1.29 is 14.3 Å². The Balaban J connectivity index is 2.21. The van der Waals surface area contributed by atoms with E-state index in [0.29, 0.717) is 0 Å².